The predicted molar refractivity (Wildman–Crippen MR) is 162 cm³/mol. The van der Waals surface area contributed by atoms with Gasteiger partial charge in [0.15, 0.2) is 0 Å². The predicted octanol–water partition coefficient (Wildman–Crippen LogP) is 10.3. The number of benzene rings is 6. The lowest BCUT2D eigenvalue weighted by Crippen LogP contribution is -2.10. The second-order valence-corrected chi connectivity index (χ2v) is 11.4. The second kappa shape index (κ2) is 7.49. The fourth-order valence-corrected chi connectivity index (χ4v) is 6.53. The standard InChI is InChI=1S/C36H27NO/c1-36(2,3)29-21-38-35-28-20-12-10-18-26(28)31-30-25-17-9-7-15-23(25)24-16-8-11-19-27(24)33(30)37(34(31)32(29)35)22-13-5-4-6-14-22/h4-21H,1-3H3. The maximum Gasteiger partial charge on any atom is 0.144 e. The number of aromatic nitrogens is 1. The number of rotatable bonds is 1. The first kappa shape index (κ1) is 21.5. The minimum Gasteiger partial charge on any atom is -0.463 e. The van der Waals surface area contributed by atoms with Gasteiger partial charge in [0.25, 0.3) is 0 Å². The van der Waals surface area contributed by atoms with E-state index in [1.807, 2.05) is 6.26 Å². The zero-order valence-electron chi connectivity index (χ0n) is 21.7. The van der Waals surface area contributed by atoms with Gasteiger partial charge in [0.2, 0.25) is 0 Å². The molecular formula is C36H27NO. The van der Waals surface area contributed by atoms with Crippen molar-refractivity contribution in [2.24, 2.45) is 0 Å². The molecule has 2 aromatic heterocycles. The highest BCUT2D eigenvalue weighted by molar-refractivity contribution is 6.40. The number of hydrogen-bond donors (Lipinski definition) is 0. The van der Waals surface area contributed by atoms with Gasteiger partial charge in [-0.15, -0.1) is 0 Å². The summed E-state index contributed by atoms with van der Waals surface area (Å²) in [5.74, 6) is 0. The van der Waals surface area contributed by atoms with Gasteiger partial charge < -0.3 is 8.98 Å². The molecule has 38 heavy (non-hydrogen) atoms. The third-order valence-electron chi connectivity index (χ3n) is 8.13. The van der Waals surface area contributed by atoms with Gasteiger partial charge in [-0.2, -0.15) is 0 Å². The molecule has 0 amide bonds. The summed E-state index contributed by atoms with van der Waals surface area (Å²) in [5, 5.41) is 11.3. The fourth-order valence-electron chi connectivity index (χ4n) is 6.53. The summed E-state index contributed by atoms with van der Waals surface area (Å²) in [4.78, 5) is 0. The Morgan fingerprint density at radius 2 is 1.00 bits per heavy atom. The molecule has 0 aliphatic carbocycles. The van der Waals surface area contributed by atoms with Crippen molar-refractivity contribution < 1.29 is 4.42 Å². The smallest absolute Gasteiger partial charge is 0.144 e. The average Bonchev–Trinajstić information content (AvgIpc) is 3.55. The molecule has 2 nitrogen and oxygen atoms in total. The van der Waals surface area contributed by atoms with Crippen LogP contribution in [0.2, 0.25) is 0 Å². The van der Waals surface area contributed by atoms with Gasteiger partial charge in [0.1, 0.15) is 5.58 Å². The van der Waals surface area contributed by atoms with Crippen molar-refractivity contribution in [3.63, 3.8) is 0 Å². The Kier molecular flexibility index (Phi) is 4.24. The van der Waals surface area contributed by atoms with Crippen LogP contribution in [0.5, 0.6) is 0 Å². The molecule has 182 valence electrons. The lowest BCUT2D eigenvalue weighted by atomic mass is 9.85. The van der Waals surface area contributed by atoms with Gasteiger partial charge in [-0.25, -0.2) is 0 Å². The first-order valence-corrected chi connectivity index (χ1v) is 13.3. The van der Waals surface area contributed by atoms with Crippen molar-refractivity contribution >= 4 is 65.1 Å². The van der Waals surface area contributed by atoms with Crippen molar-refractivity contribution in [3.05, 3.63) is 115 Å². The fraction of sp³-hybridized carbons (Fsp3) is 0.111. The first-order chi connectivity index (χ1) is 18.5. The van der Waals surface area contributed by atoms with Crippen molar-refractivity contribution in [1.82, 2.24) is 4.57 Å². The zero-order chi connectivity index (χ0) is 25.6. The van der Waals surface area contributed by atoms with Crippen molar-refractivity contribution in [2.45, 2.75) is 26.2 Å². The summed E-state index contributed by atoms with van der Waals surface area (Å²) in [7, 11) is 0. The highest BCUT2D eigenvalue weighted by atomic mass is 16.3. The normalized spacial score (nSPS) is 12.6. The third-order valence-corrected chi connectivity index (χ3v) is 8.13. The van der Waals surface area contributed by atoms with E-state index in [1.165, 1.54) is 59.7 Å². The Bertz CT molecular complexity index is 2200. The van der Waals surface area contributed by atoms with Crippen LogP contribution >= 0.6 is 0 Å². The summed E-state index contributed by atoms with van der Waals surface area (Å²) in [5.41, 5.74) is 5.75. The monoisotopic (exact) mass is 489 g/mol. The molecule has 0 aliphatic heterocycles. The third kappa shape index (κ3) is 2.72. The lowest BCUT2D eigenvalue weighted by Gasteiger charge is -2.18. The second-order valence-electron chi connectivity index (χ2n) is 11.4. The molecule has 0 atom stereocenters. The Morgan fingerprint density at radius 3 is 1.66 bits per heavy atom. The molecule has 2 heteroatoms. The molecule has 8 rings (SSSR count). The van der Waals surface area contributed by atoms with Crippen LogP contribution < -0.4 is 0 Å². The Morgan fingerprint density at radius 1 is 0.500 bits per heavy atom. The maximum atomic E-state index is 6.45. The van der Waals surface area contributed by atoms with Gasteiger partial charge in [0.05, 0.1) is 17.3 Å². The van der Waals surface area contributed by atoms with Crippen LogP contribution in [0.25, 0.3) is 70.8 Å². The molecule has 8 aromatic rings. The minimum absolute atomic E-state index is 0.0806. The summed E-state index contributed by atoms with van der Waals surface area (Å²) in [6.07, 6.45) is 1.99. The van der Waals surface area contributed by atoms with Crippen LogP contribution in [0.3, 0.4) is 0 Å². The Labute approximate surface area is 220 Å². The van der Waals surface area contributed by atoms with Crippen LogP contribution in [0.1, 0.15) is 26.3 Å². The van der Waals surface area contributed by atoms with E-state index in [9.17, 15) is 0 Å². The summed E-state index contributed by atoms with van der Waals surface area (Å²) < 4.78 is 8.94. The van der Waals surface area contributed by atoms with Crippen LogP contribution in [-0.2, 0) is 5.41 Å². The molecule has 0 bridgehead atoms. The molecule has 0 fully saturated rings. The van der Waals surface area contributed by atoms with Crippen molar-refractivity contribution in [2.75, 3.05) is 0 Å². The zero-order valence-corrected chi connectivity index (χ0v) is 21.7. The van der Waals surface area contributed by atoms with Crippen molar-refractivity contribution in [1.29, 1.82) is 0 Å². The van der Waals surface area contributed by atoms with E-state index >= 15 is 0 Å². The largest absolute Gasteiger partial charge is 0.463 e. The Hall–Kier alpha value is -4.56. The molecule has 0 radical (unpaired) electrons. The number of furan rings is 1. The van der Waals surface area contributed by atoms with E-state index in [-0.39, 0.29) is 5.41 Å². The summed E-state index contributed by atoms with van der Waals surface area (Å²) in [6, 6.07) is 37.3. The van der Waals surface area contributed by atoms with Crippen LogP contribution in [-0.4, -0.2) is 4.57 Å². The first-order valence-electron chi connectivity index (χ1n) is 13.3. The van der Waals surface area contributed by atoms with Gasteiger partial charge in [-0.1, -0.05) is 112 Å². The van der Waals surface area contributed by atoms with Crippen LogP contribution in [0, 0.1) is 0 Å². The van der Waals surface area contributed by atoms with E-state index in [0.717, 1.165) is 16.7 Å². The Balaban J connectivity index is 1.84. The molecule has 0 aliphatic rings. The quantitative estimate of drug-likeness (QED) is 0.210. The summed E-state index contributed by atoms with van der Waals surface area (Å²) >= 11 is 0. The van der Waals surface area contributed by atoms with Crippen molar-refractivity contribution in [3.8, 4) is 5.69 Å². The number of para-hydroxylation sites is 1. The molecule has 0 saturated heterocycles. The van der Waals surface area contributed by atoms with E-state index < -0.39 is 0 Å². The SMILES string of the molecule is CC(C)(C)c1coc2c3ccccc3c3c4c5ccccc5c5ccccc5c4n(-c4ccccc4)c3c12. The number of hydrogen-bond acceptors (Lipinski definition) is 1. The van der Waals surface area contributed by atoms with E-state index in [2.05, 4.69) is 128 Å². The lowest BCUT2D eigenvalue weighted by molar-refractivity contribution is 0.558. The van der Waals surface area contributed by atoms with Crippen LogP contribution in [0.15, 0.2) is 114 Å². The van der Waals surface area contributed by atoms with Gasteiger partial charge in [0, 0.05) is 38.2 Å². The minimum atomic E-state index is -0.0806. The highest BCUT2D eigenvalue weighted by Gasteiger charge is 2.28. The van der Waals surface area contributed by atoms with Gasteiger partial charge >= 0.3 is 0 Å². The van der Waals surface area contributed by atoms with Crippen LogP contribution in [0.4, 0.5) is 0 Å². The number of fused-ring (bicyclic) bond motifs is 13. The van der Waals surface area contributed by atoms with E-state index in [4.69, 9.17) is 4.42 Å². The molecule has 0 N–H and O–H groups in total. The molecule has 2 heterocycles. The van der Waals surface area contributed by atoms with E-state index in [0.29, 0.717) is 0 Å². The maximum absolute atomic E-state index is 6.45. The topological polar surface area (TPSA) is 18.1 Å². The molecule has 6 aromatic carbocycles. The summed E-state index contributed by atoms with van der Waals surface area (Å²) in [6.45, 7) is 6.83. The molecule has 0 spiro atoms. The molecular weight excluding hydrogens is 462 g/mol. The highest BCUT2D eigenvalue weighted by Crippen LogP contribution is 2.49. The molecule has 0 unspecified atom stereocenters. The molecule has 0 saturated carbocycles. The van der Waals surface area contributed by atoms with Gasteiger partial charge in [-0.05, 0) is 39.1 Å². The average molecular weight is 490 g/mol. The van der Waals surface area contributed by atoms with Gasteiger partial charge in [-0.3, -0.25) is 0 Å². The van der Waals surface area contributed by atoms with E-state index in [1.54, 1.807) is 0 Å². The number of nitrogens with zero attached hydrogens (tertiary/aromatic N) is 1.